The molecule has 0 saturated carbocycles. The highest BCUT2D eigenvalue weighted by Crippen LogP contribution is 2.26. The van der Waals surface area contributed by atoms with Crippen LogP contribution in [0, 0.1) is 0 Å². The second-order valence-electron chi connectivity index (χ2n) is 7.90. The van der Waals surface area contributed by atoms with Gasteiger partial charge in [0.05, 0.1) is 13.2 Å². The maximum atomic E-state index is 12.1. The predicted molar refractivity (Wildman–Crippen MR) is 129 cm³/mol. The van der Waals surface area contributed by atoms with Gasteiger partial charge in [0, 0.05) is 32.2 Å². The molecule has 1 aliphatic heterocycles. The summed E-state index contributed by atoms with van der Waals surface area (Å²) in [5.41, 5.74) is 2.97. The number of ether oxygens (including phenoxy) is 1. The lowest BCUT2D eigenvalue weighted by Crippen LogP contribution is -2.42. The Morgan fingerprint density at radius 1 is 1.09 bits per heavy atom. The van der Waals surface area contributed by atoms with Crippen LogP contribution < -0.4 is 20.7 Å². The molecule has 172 valence electrons. The van der Waals surface area contributed by atoms with Gasteiger partial charge in [-0.2, -0.15) is 0 Å². The van der Waals surface area contributed by atoms with Crippen molar-refractivity contribution < 1.29 is 9.53 Å². The predicted octanol–water partition coefficient (Wildman–Crippen LogP) is 2.95. The molecule has 0 spiro atoms. The Labute approximate surface area is 191 Å². The highest BCUT2D eigenvalue weighted by atomic mass is 16.5. The van der Waals surface area contributed by atoms with E-state index in [4.69, 9.17) is 4.74 Å². The highest BCUT2D eigenvalue weighted by Gasteiger charge is 2.23. The van der Waals surface area contributed by atoms with E-state index in [-0.39, 0.29) is 11.9 Å². The zero-order chi connectivity index (χ0) is 22.8. The van der Waals surface area contributed by atoms with Crippen LogP contribution in [0.1, 0.15) is 47.3 Å². The van der Waals surface area contributed by atoms with Gasteiger partial charge in [-0.15, -0.1) is 0 Å². The summed E-state index contributed by atoms with van der Waals surface area (Å²) in [6, 6.07) is 16.3. The van der Waals surface area contributed by atoms with Gasteiger partial charge in [0.25, 0.3) is 5.91 Å². The van der Waals surface area contributed by atoms with Crippen LogP contribution in [0.2, 0.25) is 0 Å². The number of nitrogens with zero attached hydrogens (tertiary/aromatic N) is 2. The lowest BCUT2D eigenvalue weighted by Gasteiger charge is -2.29. The van der Waals surface area contributed by atoms with Crippen LogP contribution in [0.5, 0.6) is 5.75 Å². The molecular weight excluding hydrogens is 402 g/mol. The standard InChI is InChI=1S/C25H35N5O2/c1-4-27-24(31)21-9-7-8-19(16-21)17-28-25(26-2)29-18-23(30-14-5-6-15-30)20-10-12-22(32-3)13-11-20/h7-13,16,23H,4-6,14-15,17-18H2,1-3H3,(H,27,31)(H2,26,28,29). The highest BCUT2D eigenvalue weighted by molar-refractivity contribution is 5.94. The quantitative estimate of drug-likeness (QED) is 0.415. The average molecular weight is 438 g/mol. The van der Waals surface area contributed by atoms with Crippen molar-refractivity contribution >= 4 is 11.9 Å². The molecule has 1 amide bonds. The van der Waals surface area contributed by atoms with E-state index in [9.17, 15) is 4.79 Å². The van der Waals surface area contributed by atoms with Gasteiger partial charge in [0.15, 0.2) is 5.96 Å². The van der Waals surface area contributed by atoms with Crippen LogP contribution in [0.25, 0.3) is 0 Å². The van der Waals surface area contributed by atoms with Crippen molar-refractivity contribution in [3.05, 3.63) is 65.2 Å². The number of methoxy groups -OCH3 is 1. The fourth-order valence-corrected chi connectivity index (χ4v) is 4.02. The Balaban J connectivity index is 1.61. The number of rotatable bonds is 9. The van der Waals surface area contributed by atoms with Crippen LogP contribution in [0.15, 0.2) is 53.5 Å². The molecular formula is C25H35N5O2. The number of nitrogens with one attached hydrogen (secondary N) is 3. The first kappa shape index (κ1) is 23.6. The molecule has 0 radical (unpaired) electrons. The van der Waals surface area contributed by atoms with Crippen LogP contribution in [-0.2, 0) is 6.54 Å². The van der Waals surface area contributed by atoms with E-state index in [2.05, 4.69) is 38.0 Å². The second-order valence-corrected chi connectivity index (χ2v) is 7.90. The number of amides is 1. The molecule has 32 heavy (non-hydrogen) atoms. The Hall–Kier alpha value is -3.06. The van der Waals surface area contributed by atoms with Gasteiger partial charge in [0.1, 0.15) is 5.75 Å². The van der Waals surface area contributed by atoms with E-state index in [0.29, 0.717) is 18.7 Å². The van der Waals surface area contributed by atoms with E-state index in [1.54, 1.807) is 14.2 Å². The zero-order valence-electron chi connectivity index (χ0n) is 19.4. The van der Waals surface area contributed by atoms with Crippen LogP contribution in [-0.4, -0.2) is 57.1 Å². The van der Waals surface area contributed by atoms with Gasteiger partial charge in [0.2, 0.25) is 0 Å². The normalized spacial score (nSPS) is 15.3. The van der Waals surface area contributed by atoms with Crippen LogP contribution >= 0.6 is 0 Å². The van der Waals surface area contributed by atoms with Crippen molar-refractivity contribution in [1.29, 1.82) is 0 Å². The molecule has 3 N–H and O–H groups in total. The van der Waals surface area contributed by atoms with Crippen LogP contribution in [0.3, 0.4) is 0 Å². The van der Waals surface area contributed by atoms with E-state index < -0.39 is 0 Å². The maximum Gasteiger partial charge on any atom is 0.251 e. The first-order valence-electron chi connectivity index (χ1n) is 11.3. The first-order chi connectivity index (χ1) is 15.6. The van der Waals surface area contributed by atoms with Gasteiger partial charge in [-0.3, -0.25) is 14.7 Å². The van der Waals surface area contributed by atoms with Gasteiger partial charge < -0.3 is 20.7 Å². The Morgan fingerprint density at radius 3 is 2.50 bits per heavy atom. The molecule has 2 aromatic rings. The monoisotopic (exact) mass is 437 g/mol. The summed E-state index contributed by atoms with van der Waals surface area (Å²) < 4.78 is 5.32. The number of hydrogen-bond donors (Lipinski definition) is 3. The molecule has 0 aliphatic carbocycles. The van der Waals surface area contributed by atoms with Crippen LogP contribution in [0.4, 0.5) is 0 Å². The summed E-state index contributed by atoms with van der Waals surface area (Å²) in [6.07, 6.45) is 2.48. The smallest absolute Gasteiger partial charge is 0.251 e. The summed E-state index contributed by atoms with van der Waals surface area (Å²) in [7, 11) is 3.47. The maximum absolute atomic E-state index is 12.1. The molecule has 0 bridgehead atoms. The number of carbonyl (C=O) groups is 1. The van der Waals surface area contributed by atoms with Gasteiger partial charge in [-0.1, -0.05) is 24.3 Å². The van der Waals surface area contributed by atoms with Crippen molar-refractivity contribution in [2.75, 3.05) is 40.3 Å². The Morgan fingerprint density at radius 2 is 1.84 bits per heavy atom. The lowest BCUT2D eigenvalue weighted by atomic mass is 10.1. The second kappa shape index (κ2) is 12.1. The lowest BCUT2D eigenvalue weighted by molar-refractivity contribution is 0.0955. The molecule has 1 atom stereocenters. The van der Waals surface area contributed by atoms with E-state index in [1.165, 1.54) is 18.4 Å². The van der Waals surface area contributed by atoms with Gasteiger partial charge in [-0.05, 0) is 68.2 Å². The van der Waals surface area contributed by atoms with Gasteiger partial charge >= 0.3 is 0 Å². The largest absolute Gasteiger partial charge is 0.497 e. The molecule has 1 saturated heterocycles. The minimum atomic E-state index is -0.0511. The first-order valence-corrected chi connectivity index (χ1v) is 11.3. The number of likely N-dealkylation sites (tertiary alicyclic amines) is 1. The molecule has 7 heteroatoms. The van der Waals surface area contributed by atoms with Crippen molar-refractivity contribution in [1.82, 2.24) is 20.9 Å². The molecule has 3 rings (SSSR count). The Kier molecular flexibility index (Phi) is 8.92. The fourth-order valence-electron chi connectivity index (χ4n) is 4.02. The molecule has 1 aliphatic rings. The summed E-state index contributed by atoms with van der Waals surface area (Å²) >= 11 is 0. The SMILES string of the molecule is CCNC(=O)c1cccc(CNC(=NC)NCC(c2ccc(OC)cc2)N2CCCC2)c1. The molecule has 1 unspecified atom stereocenters. The van der Waals surface area contributed by atoms with Crippen molar-refractivity contribution in [3.63, 3.8) is 0 Å². The van der Waals surface area contributed by atoms with Crippen molar-refractivity contribution in [3.8, 4) is 5.75 Å². The average Bonchev–Trinajstić information content (AvgIpc) is 3.36. The zero-order valence-corrected chi connectivity index (χ0v) is 19.4. The number of guanidine groups is 1. The number of carbonyl (C=O) groups excluding carboxylic acids is 1. The molecule has 2 aromatic carbocycles. The third-order valence-corrected chi connectivity index (χ3v) is 5.75. The summed E-state index contributed by atoms with van der Waals surface area (Å²) in [6.45, 7) is 6.09. The minimum Gasteiger partial charge on any atom is -0.497 e. The fraction of sp³-hybridized carbons (Fsp3) is 0.440. The molecule has 1 heterocycles. The van der Waals surface area contributed by atoms with E-state index >= 15 is 0 Å². The topological polar surface area (TPSA) is 78.0 Å². The molecule has 7 nitrogen and oxygen atoms in total. The van der Waals surface area contributed by atoms with Crippen molar-refractivity contribution in [2.45, 2.75) is 32.4 Å². The molecule has 0 aromatic heterocycles. The van der Waals surface area contributed by atoms with E-state index in [1.807, 2.05) is 43.3 Å². The van der Waals surface area contributed by atoms with Gasteiger partial charge in [-0.25, -0.2) is 0 Å². The third kappa shape index (κ3) is 6.47. The minimum absolute atomic E-state index is 0.0511. The summed E-state index contributed by atoms with van der Waals surface area (Å²) in [5.74, 6) is 1.56. The Bertz CT molecular complexity index is 891. The molecule has 1 fully saturated rings. The summed E-state index contributed by atoms with van der Waals surface area (Å²) in [5, 5.41) is 9.70. The van der Waals surface area contributed by atoms with E-state index in [0.717, 1.165) is 36.9 Å². The third-order valence-electron chi connectivity index (χ3n) is 5.75. The number of aliphatic imine (C=N–C) groups is 1. The number of hydrogen-bond acceptors (Lipinski definition) is 4. The van der Waals surface area contributed by atoms with Crippen molar-refractivity contribution in [2.24, 2.45) is 4.99 Å². The summed E-state index contributed by atoms with van der Waals surface area (Å²) in [4.78, 5) is 19.0. The number of benzene rings is 2.